The third-order valence-corrected chi connectivity index (χ3v) is 2.05. The molecule has 0 aliphatic carbocycles. The molecule has 0 aliphatic rings. The van der Waals surface area contributed by atoms with Crippen molar-refractivity contribution in [1.82, 2.24) is 0 Å². The second-order valence-corrected chi connectivity index (χ2v) is 3.22. The van der Waals surface area contributed by atoms with E-state index < -0.39 is 10.9 Å². The minimum absolute atomic E-state index is 0.0933. The molecule has 5 nitrogen and oxygen atoms in total. The fourth-order valence-corrected chi connectivity index (χ4v) is 1.35. The minimum atomic E-state index is -1.19. The standard InChI is InChI=1S/C8H7NO4S/c1-4-6(8(10)11)2-5(14)3-7(4)9(12)13/h2-3,14H,1H3,(H,10,11). The van der Waals surface area contributed by atoms with Gasteiger partial charge in [0.05, 0.1) is 10.5 Å². The van der Waals surface area contributed by atoms with Gasteiger partial charge in [0, 0.05) is 16.5 Å². The summed E-state index contributed by atoms with van der Waals surface area (Å²) in [6.07, 6.45) is 0. The van der Waals surface area contributed by atoms with Gasteiger partial charge in [-0.3, -0.25) is 10.1 Å². The van der Waals surface area contributed by atoms with Gasteiger partial charge in [0.15, 0.2) is 0 Å². The summed E-state index contributed by atoms with van der Waals surface area (Å²) >= 11 is 3.89. The lowest BCUT2D eigenvalue weighted by Crippen LogP contribution is -2.03. The van der Waals surface area contributed by atoms with E-state index in [1.807, 2.05) is 0 Å². The SMILES string of the molecule is Cc1c(C(=O)O)cc(S)cc1[N+](=O)[O-]. The summed E-state index contributed by atoms with van der Waals surface area (Å²) < 4.78 is 0. The highest BCUT2D eigenvalue weighted by Crippen LogP contribution is 2.25. The molecule has 0 heterocycles. The number of benzene rings is 1. The Kier molecular flexibility index (Phi) is 2.76. The lowest BCUT2D eigenvalue weighted by atomic mass is 10.1. The van der Waals surface area contributed by atoms with Crippen molar-refractivity contribution in [3.63, 3.8) is 0 Å². The predicted molar refractivity (Wildman–Crippen MR) is 52.0 cm³/mol. The molecule has 0 aliphatic heterocycles. The van der Waals surface area contributed by atoms with Crippen LogP contribution in [0.15, 0.2) is 17.0 Å². The average molecular weight is 213 g/mol. The van der Waals surface area contributed by atoms with E-state index in [0.29, 0.717) is 0 Å². The molecule has 6 heteroatoms. The molecule has 0 atom stereocenters. The van der Waals surface area contributed by atoms with E-state index in [0.717, 1.165) is 0 Å². The first-order valence-corrected chi connectivity index (χ1v) is 4.09. The van der Waals surface area contributed by atoms with Crippen LogP contribution in [0.2, 0.25) is 0 Å². The third-order valence-electron chi connectivity index (χ3n) is 1.79. The molecule has 0 fully saturated rings. The van der Waals surface area contributed by atoms with E-state index in [2.05, 4.69) is 12.6 Å². The molecule has 74 valence electrons. The van der Waals surface area contributed by atoms with Gasteiger partial charge in [0.2, 0.25) is 0 Å². The van der Waals surface area contributed by atoms with Crippen molar-refractivity contribution in [2.24, 2.45) is 0 Å². The van der Waals surface area contributed by atoms with Gasteiger partial charge in [-0.25, -0.2) is 4.79 Å². The van der Waals surface area contributed by atoms with Crippen LogP contribution in [0, 0.1) is 17.0 Å². The van der Waals surface area contributed by atoms with Gasteiger partial charge in [0.1, 0.15) is 0 Å². The summed E-state index contributed by atoms with van der Waals surface area (Å²) in [7, 11) is 0. The van der Waals surface area contributed by atoms with Crippen molar-refractivity contribution in [3.05, 3.63) is 33.4 Å². The van der Waals surface area contributed by atoms with Crippen molar-refractivity contribution in [3.8, 4) is 0 Å². The smallest absolute Gasteiger partial charge is 0.336 e. The van der Waals surface area contributed by atoms with Crippen LogP contribution < -0.4 is 0 Å². The van der Waals surface area contributed by atoms with Gasteiger partial charge in [-0.1, -0.05) is 0 Å². The molecule has 1 rings (SSSR count). The Balaban J connectivity index is 3.47. The number of carboxylic acids is 1. The number of hydrogen-bond donors (Lipinski definition) is 2. The maximum Gasteiger partial charge on any atom is 0.336 e. The van der Waals surface area contributed by atoms with E-state index in [9.17, 15) is 14.9 Å². The maximum absolute atomic E-state index is 10.7. The van der Waals surface area contributed by atoms with Gasteiger partial charge in [0.25, 0.3) is 5.69 Å². The van der Waals surface area contributed by atoms with Crippen LogP contribution in [-0.4, -0.2) is 16.0 Å². The van der Waals surface area contributed by atoms with Crippen molar-refractivity contribution in [1.29, 1.82) is 0 Å². The number of carboxylic acid groups (broad SMARTS) is 1. The molecule has 0 spiro atoms. The molecule has 14 heavy (non-hydrogen) atoms. The van der Waals surface area contributed by atoms with E-state index in [1.165, 1.54) is 19.1 Å². The van der Waals surface area contributed by atoms with Crippen molar-refractivity contribution in [2.45, 2.75) is 11.8 Å². The number of nitro benzene ring substituents is 1. The molecule has 0 saturated heterocycles. The van der Waals surface area contributed by atoms with E-state index in [-0.39, 0.29) is 21.7 Å². The van der Waals surface area contributed by atoms with E-state index in [4.69, 9.17) is 5.11 Å². The Morgan fingerprint density at radius 1 is 1.57 bits per heavy atom. The Morgan fingerprint density at radius 2 is 2.14 bits per heavy atom. The number of rotatable bonds is 2. The van der Waals surface area contributed by atoms with Crippen LogP contribution >= 0.6 is 12.6 Å². The molecular formula is C8H7NO4S. The number of hydrogen-bond acceptors (Lipinski definition) is 4. The summed E-state index contributed by atoms with van der Waals surface area (Å²) in [6.45, 7) is 1.40. The molecule has 1 N–H and O–H groups in total. The molecule has 0 radical (unpaired) electrons. The zero-order valence-electron chi connectivity index (χ0n) is 7.22. The van der Waals surface area contributed by atoms with Crippen LogP contribution in [-0.2, 0) is 0 Å². The number of thiol groups is 1. The molecule has 0 amide bonds. The van der Waals surface area contributed by atoms with Gasteiger partial charge in [-0.05, 0) is 13.0 Å². The first kappa shape index (κ1) is 10.5. The van der Waals surface area contributed by atoms with Crippen LogP contribution in [0.5, 0.6) is 0 Å². The third kappa shape index (κ3) is 1.85. The van der Waals surface area contributed by atoms with Gasteiger partial charge >= 0.3 is 5.97 Å². The van der Waals surface area contributed by atoms with Crippen molar-refractivity contribution >= 4 is 24.3 Å². The van der Waals surface area contributed by atoms with Gasteiger partial charge in [-0.15, -0.1) is 12.6 Å². The highest BCUT2D eigenvalue weighted by molar-refractivity contribution is 7.80. The number of nitrogens with zero attached hydrogens (tertiary/aromatic N) is 1. The van der Waals surface area contributed by atoms with Gasteiger partial charge < -0.3 is 5.11 Å². The van der Waals surface area contributed by atoms with Crippen molar-refractivity contribution < 1.29 is 14.8 Å². The van der Waals surface area contributed by atoms with Gasteiger partial charge in [-0.2, -0.15) is 0 Å². The summed E-state index contributed by atoms with van der Waals surface area (Å²) in [5.74, 6) is -1.19. The number of nitro groups is 1. The van der Waals surface area contributed by atoms with Crippen molar-refractivity contribution in [2.75, 3.05) is 0 Å². The second-order valence-electron chi connectivity index (χ2n) is 2.70. The fraction of sp³-hybridized carbons (Fsp3) is 0.125. The topological polar surface area (TPSA) is 80.4 Å². The second kappa shape index (κ2) is 3.67. The quantitative estimate of drug-likeness (QED) is 0.446. The molecule has 0 unspecified atom stereocenters. The molecule has 0 bridgehead atoms. The lowest BCUT2D eigenvalue weighted by Gasteiger charge is -2.02. The Hall–Kier alpha value is -1.56. The Bertz CT molecular complexity index is 381. The lowest BCUT2D eigenvalue weighted by molar-refractivity contribution is -0.385. The number of carbonyl (C=O) groups is 1. The van der Waals surface area contributed by atoms with E-state index in [1.54, 1.807) is 0 Å². The zero-order chi connectivity index (χ0) is 10.9. The molecular weight excluding hydrogens is 206 g/mol. The summed E-state index contributed by atoms with van der Waals surface area (Å²) in [5, 5.41) is 19.3. The number of aromatic carboxylic acids is 1. The van der Waals surface area contributed by atoms with Crippen LogP contribution in [0.3, 0.4) is 0 Å². The largest absolute Gasteiger partial charge is 0.478 e. The molecule has 0 saturated carbocycles. The summed E-state index contributed by atoms with van der Waals surface area (Å²) in [5.41, 5.74) is -0.181. The average Bonchev–Trinajstić information content (AvgIpc) is 2.07. The highest BCUT2D eigenvalue weighted by Gasteiger charge is 2.18. The Labute approximate surface area is 84.9 Å². The van der Waals surface area contributed by atoms with Crippen LogP contribution in [0.25, 0.3) is 0 Å². The zero-order valence-corrected chi connectivity index (χ0v) is 8.12. The summed E-state index contributed by atoms with van der Waals surface area (Å²) in [6, 6.07) is 2.51. The Morgan fingerprint density at radius 3 is 2.57 bits per heavy atom. The van der Waals surface area contributed by atoms with Crippen LogP contribution in [0.4, 0.5) is 5.69 Å². The first-order valence-electron chi connectivity index (χ1n) is 3.64. The van der Waals surface area contributed by atoms with E-state index >= 15 is 0 Å². The highest BCUT2D eigenvalue weighted by atomic mass is 32.1. The fourth-order valence-electron chi connectivity index (χ4n) is 1.10. The molecule has 0 aromatic heterocycles. The minimum Gasteiger partial charge on any atom is -0.478 e. The molecule has 1 aromatic carbocycles. The van der Waals surface area contributed by atoms with Crippen LogP contribution in [0.1, 0.15) is 15.9 Å². The normalized spacial score (nSPS) is 9.86. The molecule has 1 aromatic rings. The first-order chi connectivity index (χ1) is 6.43. The predicted octanol–water partition coefficient (Wildman–Crippen LogP) is 1.89. The monoisotopic (exact) mass is 213 g/mol. The maximum atomic E-state index is 10.7. The summed E-state index contributed by atoms with van der Waals surface area (Å²) in [4.78, 5) is 20.9.